The highest BCUT2D eigenvalue weighted by Gasteiger charge is 2.13. The standard InChI is InChI=1S/C17H17NO3S/c1-12(9-14-3-2-8-22-14)17(19)18-7-6-13-4-5-15-16(10-13)21-11-20-15/h2-5,8-10H,6-7,11H2,1H3,(H,18,19)/b12-9+. The molecule has 22 heavy (non-hydrogen) atoms. The minimum Gasteiger partial charge on any atom is -0.454 e. The second-order valence-corrected chi connectivity index (χ2v) is 6.02. The largest absolute Gasteiger partial charge is 0.454 e. The molecule has 0 spiro atoms. The molecular weight excluding hydrogens is 298 g/mol. The molecule has 1 aliphatic rings. The van der Waals surface area contributed by atoms with E-state index in [9.17, 15) is 4.79 Å². The number of nitrogens with one attached hydrogen (secondary N) is 1. The summed E-state index contributed by atoms with van der Waals surface area (Å²) in [5.74, 6) is 1.52. The average Bonchev–Trinajstić information content (AvgIpc) is 3.17. The van der Waals surface area contributed by atoms with Gasteiger partial charge in [-0.15, -0.1) is 11.3 Å². The van der Waals surface area contributed by atoms with Crippen LogP contribution >= 0.6 is 11.3 Å². The lowest BCUT2D eigenvalue weighted by molar-refractivity contribution is -0.117. The maximum atomic E-state index is 12.0. The molecule has 0 atom stereocenters. The smallest absolute Gasteiger partial charge is 0.246 e. The number of rotatable bonds is 5. The zero-order valence-electron chi connectivity index (χ0n) is 12.3. The van der Waals surface area contributed by atoms with Crippen molar-refractivity contribution in [2.75, 3.05) is 13.3 Å². The van der Waals surface area contributed by atoms with Gasteiger partial charge in [0, 0.05) is 17.0 Å². The Morgan fingerprint density at radius 2 is 2.18 bits per heavy atom. The molecule has 114 valence electrons. The van der Waals surface area contributed by atoms with E-state index in [0.29, 0.717) is 12.1 Å². The molecule has 2 heterocycles. The van der Waals surface area contributed by atoms with Gasteiger partial charge in [0.2, 0.25) is 12.7 Å². The number of hydrogen-bond acceptors (Lipinski definition) is 4. The van der Waals surface area contributed by atoms with Gasteiger partial charge in [-0.3, -0.25) is 4.79 Å². The summed E-state index contributed by atoms with van der Waals surface area (Å²) in [6, 6.07) is 9.83. The average molecular weight is 315 g/mol. The Hall–Kier alpha value is -2.27. The van der Waals surface area contributed by atoms with E-state index < -0.39 is 0 Å². The van der Waals surface area contributed by atoms with Crippen LogP contribution in [-0.2, 0) is 11.2 Å². The molecule has 0 radical (unpaired) electrons. The molecule has 5 heteroatoms. The second kappa shape index (κ2) is 6.66. The first kappa shape index (κ1) is 14.7. The summed E-state index contributed by atoms with van der Waals surface area (Å²) in [7, 11) is 0. The Kier molecular flexibility index (Phi) is 4.44. The van der Waals surface area contributed by atoms with Gasteiger partial charge in [-0.05, 0) is 48.6 Å². The van der Waals surface area contributed by atoms with Gasteiger partial charge >= 0.3 is 0 Å². The number of fused-ring (bicyclic) bond motifs is 1. The summed E-state index contributed by atoms with van der Waals surface area (Å²) < 4.78 is 10.6. The zero-order valence-corrected chi connectivity index (χ0v) is 13.1. The van der Waals surface area contributed by atoms with Gasteiger partial charge in [-0.2, -0.15) is 0 Å². The van der Waals surface area contributed by atoms with Crippen molar-refractivity contribution in [1.82, 2.24) is 5.32 Å². The van der Waals surface area contributed by atoms with E-state index in [4.69, 9.17) is 9.47 Å². The molecule has 0 saturated carbocycles. The maximum absolute atomic E-state index is 12.0. The Bertz CT molecular complexity index is 692. The fourth-order valence-corrected chi connectivity index (χ4v) is 2.92. The van der Waals surface area contributed by atoms with Crippen LogP contribution in [0, 0.1) is 0 Å². The highest BCUT2D eigenvalue weighted by Crippen LogP contribution is 2.32. The van der Waals surface area contributed by atoms with Crippen LogP contribution in [0.25, 0.3) is 6.08 Å². The fraction of sp³-hybridized carbons (Fsp3) is 0.235. The van der Waals surface area contributed by atoms with Crippen LogP contribution in [0.5, 0.6) is 11.5 Å². The lowest BCUT2D eigenvalue weighted by Gasteiger charge is -2.06. The molecule has 0 bridgehead atoms. The van der Waals surface area contributed by atoms with E-state index in [0.717, 1.165) is 28.4 Å². The Balaban J connectivity index is 1.51. The molecule has 1 amide bonds. The van der Waals surface area contributed by atoms with Crippen LogP contribution in [0.1, 0.15) is 17.4 Å². The first-order valence-electron chi connectivity index (χ1n) is 7.11. The van der Waals surface area contributed by atoms with Crippen LogP contribution < -0.4 is 14.8 Å². The molecule has 4 nitrogen and oxygen atoms in total. The highest BCUT2D eigenvalue weighted by molar-refractivity contribution is 7.10. The van der Waals surface area contributed by atoms with Gasteiger partial charge in [0.1, 0.15) is 0 Å². The third kappa shape index (κ3) is 3.49. The molecule has 0 fully saturated rings. The Morgan fingerprint density at radius 3 is 3.00 bits per heavy atom. The SMILES string of the molecule is C/C(=C\c1cccs1)C(=O)NCCc1ccc2c(c1)OCO2. The van der Waals surface area contributed by atoms with Crippen molar-refractivity contribution in [3.8, 4) is 11.5 Å². The number of carbonyl (C=O) groups excluding carboxylic acids is 1. The van der Waals surface area contributed by atoms with Gasteiger partial charge in [0.05, 0.1) is 0 Å². The summed E-state index contributed by atoms with van der Waals surface area (Å²) in [5, 5.41) is 4.93. The van der Waals surface area contributed by atoms with Crippen molar-refractivity contribution >= 4 is 23.3 Å². The van der Waals surface area contributed by atoms with Crippen molar-refractivity contribution in [3.63, 3.8) is 0 Å². The van der Waals surface area contributed by atoms with Crippen molar-refractivity contribution in [3.05, 3.63) is 51.7 Å². The lowest BCUT2D eigenvalue weighted by Crippen LogP contribution is -2.26. The van der Waals surface area contributed by atoms with Gasteiger partial charge in [-0.25, -0.2) is 0 Å². The Morgan fingerprint density at radius 1 is 1.32 bits per heavy atom. The normalized spacial score (nSPS) is 13.2. The van der Waals surface area contributed by atoms with E-state index in [2.05, 4.69) is 5.32 Å². The third-order valence-corrected chi connectivity index (χ3v) is 4.22. The van der Waals surface area contributed by atoms with Gasteiger partial charge < -0.3 is 14.8 Å². The fourth-order valence-electron chi connectivity index (χ4n) is 2.21. The van der Waals surface area contributed by atoms with E-state index in [1.54, 1.807) is 11.3 Å². The number of carbonyl (C=O) groups is 1. The molecule has 1 N–H and O–H groups in total. The maximum Gasteiger partial charge on any atom is 0.246 e. The summed E-state index contributed by atoms with van der Waals surface area (Å²) in [5.41, 5.74) is 1.83. The number of benzene rings is 1. The predicted molar refractivity (Wildman–Crippen MR) is 87.2 cm³/mol. The van der Waals surface area contributed by atoms with Crippen molar-refractivity contribution in [2.45, 2.75) is 13.3 Å². The second-order valence-electron chi connectivity index (χ2n) is 5.04. The molecule has 0 aliphatic carbocycles. The van der Waals surface area contributed by atoms with Crippen LogP contribution in [-0.4, -0.2) is 19.2 Å². The number of amides is 1. The molecule has 3 rings (SSSR count). The first-order chi connectivity index (χ1) is 10.7. The summed E-state index contributed by atoms with van der Waals surface area (Å²) >= 11 is 1.62. The number of thiophene rings is 1. The highest BCUT2D eigenvalue weighted by atomic mass is 32.1. The summed E-state index contributed by atoms with van der Waals surface area (Å²) in [4.78, 5) is 13.1. The monoisotopic (exact) mass is 315 g/mol. The van der Waals surface area contributed by atoms with Crippen LogP contribution in [0.3, 0.4) is 0 Å². The summed E-state index contributed by atoms with van der Waals surface area (Å²) in [6.07, 6.45) is 2.66. The van der Waals surface area contributed by atoms with Crippen molar-refractivity contribution < 1.29 is 14.3 Å². The molecule has 1 aromatic heterocycles. The number of hydrogen-bond donors (Lipinski definition) is 1. The van der Waals surface area contributed by atoms with E-state index >= 15 is 0 Å². The van der Waals surface area contributed by atoms with E-state index in [1.807, 2.05) is 48.7 Å². The van der Waals surface area contributed by atoms with E-state index in [-0.39, 0.29) is 12.7 Å². The molecule has 1 aromatic carbocycles. The first-order valence-corrected chi connectivity index (χ1v) is 7.99. The van der Waals surface area contributed by atoms with Gasteiger partial charge in [0.15, 0.2) is 11.5 Å². The molecule has 1 aliphatic heterocycles. The van der Waals surface area contributed by atoms with Gasteiger partial charge in [-0.1, -0.05) is 12.1 Å². The zero-order chi connectivity index (χ0) is 15.4. The topological polar surface area (TPSA) is 47.6 Å². The van der Waals surface area contributed by atoms with E-state index in [1.165, 1.54) is 0 Å². The Labute approximate surface area is 133 Å². The third-order valence-electron chi connectivity index (χ3n) is 3.40. The summed E-state index contributed by atoms with van der Waals surface area (Å²) in [6.45, 7) is 2.70. The molecular formula is C17H17NO3S. The molecule has 0 unspecified atom stereocenters. The van der Waals surface area contributed by atoms with Crippen molar-refractivity contribution in [2.24, 2.45) is 0 Å². The van der Waals surface area contributed by atoms with Crippen LogP contribution in [0.15, 0.2) is 41.3 Å². The van der Waals surface area contributed by atoms with Crippen molar-refractivity contribution in [1.29, 1.82) is 0 Å². The van der Waals surface area contributed by atoms with Gasteiger partial charge in [0.25, 0.3) is 0 Å². The van der Waals surface area contributed by atoms with Crippen LogP contribution in [0.2, 0.25) is 0 Å². The van der Waals surface area contributed by atoms with Crippen LogP contribution in [0.4, 0.5) is 0 Å². The molecule has 2 aromatic rings. The molecule has 0 saturated heterocycles. The number of ether oxygens (including phenoxy) is 2. The minimum atomic E-state index is -0.0332. The minimum absolute atomic E-state index is 0.0332. The lowest BCUT2D eigenvalue weighted by atomic mass is 10.1. The quantitative estimate of drug-likeness (QED) is 0.862. The predicted octanol–water partition coefficient (Wildman–Crippen LogP) is 3.24.